The predicted molar refractivity (Wildman–Crippen MR) is 70.4 cm³/mol. The lowest BCUT2D eigenvalue weighted by atomic mass is 10.1. The van der Waals surface area contributed by atoms with Crippen molar-refractivity contribution in [3.63, 3.8) is 0 Å². The Kier molecular flexibility index (Phi) is 6.42. The van der Waals surface area contributed by atoms with E-state index in [-0.39, 0.29) is 12.5 Å². The van der Waals surface area contributed by atoms with Crippen molar-refractivity contribution >= 4 is 5.91 Å². The highest BCUT2D eigenvalue weighted by Crippen LogP contribution is 2.12. The number of nitrogens with two attached hydrogens (primary N) is 1. The van der Waals surface area contributed by atoms with Crippen LogP contribution in [0.4, 0.5) is 8.78 Å². The molecule has 0 heterocycles. The fraction of sp³-hybridized carbons (Fsp3) is 0.500. The van der Waals surface area contributed by atoms with Gasteiger partial charge in [-0.05, 0) is 25.5 Å². The number of carbonyl (C=O) groups is 1. The normalized spacial score (nSPS) is 10.5. The molecule has 106 valence electrons. The van der Waals surface area contributed by atoms with Crippen LogP contribution in [-0.4, -0.2) is 24.4 Å². The summed E-state index contributed by atoms with van der Waals surface area (Å²) in [5.74, 6) is -1.28. The van der Waals surface area contributed by atoms with Gasteiger partial charge in [0.1, 0.15) is 11.6 Å². The number of unbranched alkanes of at least 4 members (excludes halogenated alkanes) is 2. The zero-order chi connectivity index (χ0) is 14.3. The Labute approximate surface area is 112 Å². The van der Waals surface area contributed by atoms with Gasteiger partial charge < -0.3 is 10.6 Å². The van der Waals surface area contributed by atoms with Crippen molar-refractivity contribution < 1.29 is 13.6 Å². The molecule has 0 saturated heterocycles. The second kappa shape index (κ2) is 7.84. The average Bonchev–Trinajstić information content (AvgIpc) is 2.37. The van der Waals surface area contributed by atoms with E-state index in [0.717, 1.165) is 25.3 Å². The fourth-order valence-electron chi connectivity index (χ4n) is 1.78. The van der Waals surface area contributed by atoms with Crippen LogP contribution in [0.25, 0.3) is 0 Å². The molecule has 0 aromatic heterocycles. The first-order valence-electron chi connectivity index (χ1n) is 6.42. The molecule has 0 fully saturated rings. The van der Waals surface area contributed by atoms with Crippen LogP contribution in [0.5, 0.6) is 0 Å². The van der Waals surface area contributed by atoms with Gasteiger partial charge in [0.05, 0.1) is 0 Å². The van der Waals surface area contributed by atoms with Crippen molar-refractivity contribution in [3.05, 3.63) is 35.4 Å². The highest BCUT2D eigenvalue weighted by Gasteiger charge is 2.11. The lowest BCUT2D eigenvalue weighted by Crippen LogP contribution is -2.26. The van der Waals surface area contributed by atoms with Gasteiger partial charge >= 0.3 is 0 Å². The molecule has 5 heteroatoms. The Bertz CT molecular complexity index is 424. The number of amides is 1. The molecule has 0 aliphatic carbocycles. The Balaban J connectivity index is 2.45. The number of carbonyl (C=O) groups excluding carboxylic acids is 1. The van der Waals surface area contributed by atoms with E-state index in [0.29, 0.717) is 18.5 Å². The fourth-order valence-corrected chi connectivity index (χ4v) is 1.78. The van der Waals surface area contributed by atoms with E-state index in [2.05, 4.69) is 0 Å². The quantitative estimate of drug-likeness (QED) is 0.774. The van der Waals surface area contributed by atoms with Crippen LogP contribution in [0.2, 0.25) is 0 Å². The first-order chi connectivity index (χ1) is 9.04. The number of benzene rings is 1. The van der Waals surface area contributed by atoms with Crippen LogP contribution in [-0.2, 0) is 11.3 Å². The molecule has 0 spiro atoms. The summed E-state index contributed by atoms with van der Waals surface area (Å²) in [6.07, 6.45) is 3.04. The number of rotatable bonds is 7. The first-order valence-corrected chi connectivity index (χ1v) is 6.42. The summed E-state index contributed by atoms with van der Waals surface area (Å²) in [6, 6.07) is 3.38. The summed E-state index contributed by atoms with van der Waals surface area (Å²) in [5.41, 5.74) is 5.69. The molecule has 2 N–H and O–H groups in total. The molecule has 0 unspecified atom stereocenters. The van der Waals surface area contributed by atoms with E-state index in [1.165, 1.54) is 17.0 Å². The topological polar surface area (TPSA) is 46.3 Å². The van der Waals surface area contributed by atoms with Gasteiger partial charge in [0, 0.05) is 31.6 Å². The maximum Gasteiger partial charge on any atom is 0.222 e. The van der Waals surface area contributed by atoms with Crippen molar-refractivity contribution in [2.24, 2.45) is 5.73 Å². The standard InChI is InChI=1S/C14H20F2N2O/c1-18(14(19)5-3-2-4-8-17)10-11-6-7-12(15)9-13(11)16/h6-7,9H,2-5,8,10,17H2,1H3. The van der Waals surface area contributed by atoms with Gasteiger partial charge in [-0.3, -0.25) is 4.79 Å². The van der Waals surface area contributed by atoms with Crippen molar-refractivity contribution in [1.29, 1.82) is 0 Å². The number of nitrogens with zero attached hydrogens (tertiary/aromatic N) is 1. The van der Waals surface area contributed by atoms with Crippen LogP contribution in [0.15, 0.2) is 18.2 Å². The van der Waals surface area contributed by atoms with E-state index in [9.17, 15) is 13.6 Å². The third kappa shape index (κ3) is 5.34. The lowest BCUT2D eigenvalue weighted by Gasteiger charge is -2.17. The van der Waals surface area contributed by atoms with Gasteiger partial charge in [0.25, 0.3) is 0 Å². The molecule has 3 nitrogen and oxygen atoms in total. The molecule has 1 aromatic rings. The summed E-state index contributed by atoms with van der Waals surface area (Å²) in [7, 11) is 1.62. The van der Waals surface area contributed by atoms with Gasteiger partial charge in [-0.25, -0.2) is 8.78 Å². The van der Waals surface area contributed by atoms with Crippen molar-refractivity contribution in [3.8, 4) is 0 Å². The summed E-state index contributed by atoms with van der Waals surface area (Å²) in [6.45, 7) is 0.784. The highest BCUT2D eigenvalue weighted by molar-refractivity contribution is 5.75. The van der Waals surface area contributed by atoms with E-state index in [1.54, 1.807) is 7.05 Å². The van der Waals surface area contributed by atoms with Crippen LogP contribution >= 0.6 is 0 Å². The van der Waals surface area contributed by atoms with E-state index in [1.807, 2.05) is 0 Å². The number of halogens is 2. The summed E-state index contributed by atoms with van der Waals surface area (Å²) in [4.78, 5) is 13.2. The van der Waals surface area contributed by atoms with Gasteiger partial charge in [0.2, 0.25) is 5.91 Å². The largest absolute Gasteiger partial charge is 0.341 e. The highest BCUT2D eigenvalue weighted by atomic mass is 19.1. The van der Waals surface area contributed by atoms with Crippen LogP contribution in [0.3, 0.4) is 0 Å². The summed E-state index contributed by atoms with van der Waals surface area (Å²) < 4.78 is 26.2. The Morgan fingerprint density at radius 1 is 1.26 bits per heavy atom. The third-order valence-electron chi connectivity index (χ3n) is 2.94. The zero-order valence-electron chi connectivity index (χ0n) is 11.2. The van der Waals surface area contributed by atoms with Crippen LogP contribution in [0.1, 0.15) is 31.2 Å². The Morgan fingerprint density at radius 3 is 2.63 bits per heavy atom. The summed E-state index contributed by atoms with van der Waals surface area (Å²) >= 11 is 0. The van der Waals surface area contributed by atoms with Crippen LogP contribution < -0.4 is 5.73 Å². The van der Waals surface area contributed by atoms with E-state index >= 15 is 0 Å². The maximum atomic E-state index is 13.4. The first kappa shape index (κ1) is 15.6. The minimum absolute atomic E-state index is 0.0410. The van der Waals surface area contributed by atoms with Gasteiger partial charge in [-0.2, -0.15) is 0 Å². The van der Waals surface area contributed by atoms with Crippen molar-refractivity contribution in [2.75, 3.05) is 13.6 Å². The van der Waals surface area contributed by atoms with E-state index < -0.39 is 11.6 Å². The molecule has 19 heavy (non-hydrogen) atoms. The summed E-state index contributed by atoms with van der Waals surface area (Å²) in [5, 5.41) is 0. The van der Waals surface area contributed by atoms with Crippen LogP contribution in [0, 0.1) is 11.6 Å². The Morgan fingerprint density at radius 2 is 2.00 bits per heavy atom. The smallest absolute Gasteiger partial charge is 0.222 e. The van der Waals surface area contributed by atoms with Crippen molar-refractivity contribution in [2.45, 2.75) is 32.2 Å². The predicted octanol–water partition coefficient (Wildman–Crippen LogP) is 2.44. The number of hydrogen-bond acceptors (Lipinski definition) is 2. The third-order valence-corrected chi connectivity index (χ3v) is 2.94. The lowest BCUT2D eigenvalue weighted by molar-refractivity contribution is -0.130. The molecular weight excluding hydrogens is 250 g/mol. The minimum atomic E-state index is -0.622. The SMILES string of the molecule is CN(Cc1ccc(F)cc1F)C(=O)CCCCCN. The Hall–Kier alpha value is -1.49. The van der Waals surface area contributed by atoms with Gasteiger partial charge in [-0.1, -0.05) is 12.5 Å². The molecule has 0 bridgehead atoms. The molecular formula is C14H20F2N2O. The second-order valence-corrected chi connectivity index (χ2v) is 4.58. The molecule has 1 rings (SSSR count). The monoisotopic (exact) mass is 270 g/mol. The molecule has 0 atom stereocenters. The zero-order valence-corrected chi connectivity index (χ0v) is 11.2. The van der Waals surface area contributed by atoms with Gasteiger partial charge in [0.15, 0.2) is 0 Å². The van der Waals surface area contributed by atoms with Crippen molar-refractivity contribution in [1.82, 2.24) is 4.90 Å². The number of hydrogen-bond donors (Lipinski definition) is 1. The minimum Gasteiger partial charge on any atom is -0.341 e. The maximum absolute atomic E-state index is 13.4. The molecule has 1 amide bonds. The molecule has 0 saturated carbocycles. The molecule has 0 radical (unpaired) electrons. The van der Waals surface area contributed by atoms with E-state index in [4.69, 9.17) is 5.73 Å². The molecule has 1 aromatic carbocycles. The average molecular weight is 270 g/mol. The molecule has 0 aliphatic heterocycles. The molecule has 0 aliphatic rings. The van der Waals surface area contributed by atoms with Gasteiger partial charge in [-0.15, -0.1) is 0 Å². The second-order valence-electron chi connectivity index (χ2n) is 4.58.